The molecule has 1 amide bonds. The molecule has 1 aromatic rings. The average Bonchev–Trinajstić information content (AvgIpc) is 2.53. The van der Waals surface area contributed by atoms with Gasteiger partial charge in [-0.2, -0.15) is 0 Å². The van der Waals surface area contributed by atoms with Gasteiger partial charge in [0, 0.05) is 11.9 Å². The van der Waals surface area contributed by atoms with Crippen molar-refractivity contribution >= 4 is 52.0 Å². The number of nitrogens with one attached hydrogen (secondary N) is 1. The van der Waals surface area contributed by atoms with Gasteiger partial charge in [-0.25, -0.2) is 0 Å². The van der Waals surface area contributed by atoms with Gasteiger partial charge in [-0.3, -0.25) is 4.79 Å². The number of carbonyl (C=O) groups is 1. The van der Waals surface area contributed by atoms with E-state index in [1.807, 2.05) is 13.8 Å². The van der Waals surface area contributed by atoms with Crippen LogP contribution in [-0.2, 0) is 0 Å². The third kappa shape index (κ3) is 3.52. The van der Waals surface area contributed by atoms with Gasteiger partial charge in [-0.05, 0) is 12.0 Å². The van der Waals surface area contributed by atoms with Crippen LogP contribution in [0.15, 0.2) is 6.07 Å². The van der Waals surface area contributed by atoms with Crippen LogP contribution in [0.1, 0.15) is 24.2 Å². The number of hydrogen-bond donors (Lipinski definition) is 1. The van der Waals surface area contributed by atoms with Gasteiger partial charge >= 0.3 is 0 Å². The predicted molar refractivity (Wildman–Crippen MR) is 71.2 cm³/mol. The normalized spacial score (nSPS) is 12.9. The molecule has 0 aliphatic heterocycles. The van der Waals surface area contributed by atoms with Gasteiger partial charge < -0.3 is 5.32 Å². The summed E-state index contributed by atoms with van der Waals surface area (Å²) in [7, 11) is 0. The SMILES string of the molecule is CC(C)C(CCl)NC(=O)c1cc(Cl)sc1Cl. The maximum Gasteiger partial charge on any atom is 0.253 e. The van der Waals surface area contributed by atoms with E-state index in [1.165, 1.54) is 11.3 Å². The van der Waals surface area contributed by atoms with Crippen molar-refractivity contribution in [2.45, 2.75) is 19.9 Å². The molecule has 16 heavy (non-hydrogen) atoms. The zero-order valence-electron chi connectivity index (χ0n) is 8.89. The highest BCUT2D eigenvalue weighted by atomic mass is 35.5. The third-order valence-electron chi connectivity index (χ3n) is 2.19. The van der Waals surface area contributed by atoms with Gasteiger partial charge in [-0.15, -0.1) is 22.9 Å². The fraction of sp³-hybridized carbons (Fsp3) is 0.500. The first-order valence-electron chi connectivity index (χ1n) is 4.77. The van der Waals surface area contributed by atoms with Crippen LogP contribution < -0.4 is 5.32 Å². The number of rotatable bonds is 4. The third-order valence-corrected chi connectivity index (χ3v) is 4.01. The van der Waals surface area contributed by atoms with Crippen molar-refractivity contribution in [1.82, 2.24) is 5.32 Å². The molecular formula is C10H12Cl3NOS. The van der Waals surface area contributed by atoms with Crippen molar-refractivity contribution in [3.8, 4) is 0 Å². The first-order valence-corrected chi connectivity index (χ1v) is 6.88. The number of amides is 1. The van der Waals surface area contributed by atoms with E-state index in [0.29, 0.717) is 20.1 Å². The number of carbonyl (C=O) groups excluding carboxylic acids is 1. The minimum Gasteiger partial charge on any atom is -0.348 e. The first kappa shape index (κ1) is 14.1. The van der Waals surface area contributed by atoms with E-state index in [0.717, 1.165) is 0 Å². The zero-order chi connectivity index (χ0) is 12.3. The lowest BCUT2D eigenvalue weighted by Gasteiger charge is -2.19. The Hall–Kier alpha value is 0.0400. The first-order chi connectivity index (χ1) is 7.45. The molecule has 1 atom stereocenters. The van der Waals surface area contributed by atoms with Crippen LogP contribution in [0.4, 0.5) is 0 Å². The average molecular weight is 301 g/mol. The Bertz CT molecular complexity index is 378. The topological polar surface area (TPSA) is 29.1 Å². The second kappa shape index (κ2) is 6.10. The summed E-state index contributed by atoms with van der Waals surface area (Å²) in [6.07, 6.45) is 0. The molecule has 6 heteroatoms. The summed E-state index contributed by atoms with van der Waals surface area (Å²) in [5.74, 6) is 0.417. The molecule has 0 bridgehead atoms. The van der Waals surface area contributed by atoms with Crippen LogP contribution in [0.5, 0.6) is 0 Å². The van der Waals surface area contributed by atoms with Crippen LogP contribution in [-0.4, -0.2) is 17.8 Å². The van der Waals surface area contributed by atoms with Gasteiger partial charge in [0.05, 0.1) is 9.90 Å². The lowest BCUT2D eigenvalue weighted by atomic mass is 10.1. The molecule has 0 saturated heterocycles. The maximum absolute atomic E-state index is 11.8. The second-order valence-electron chi connectivity index (χ2n) is 3.72. The summed E-state index contributed by atoms with van der Waals surface area (Å²) in [6.45, 7) is 3.99. The summed E-state index contributed by atoms with van der Waals surface area (Å²) in [4.78, 5) is 11.8. The van der Waals surface area contributed by atoms with Crippen molar-refractivity contribution in [3.05, 3.63) is 20.3 Å². The van der Waals surface area contributed by atoms with Gasteiger partial charge in [0.1, 0.15) is 4.34 Å². The van der Waals surface area contributed by atoms with Crippen molar-refractivity contribution in [2.75, 3.05) is 5.88 Å². The number of halogens is 3. The van der Waals surface area contributed by atoms with Crippen LogP contribution in [0.2, 0.25) is 8.67 Å². The summed E-state index contributed by atoms with van der Waals surface area (Å²) in [6, 6.07) is 1.50. The summed E-state index contributed by atoms with van der Waals surface area (Å²) in [5, 5.41) is 2.83. The molecule has 0 aliphatic carbocycles. The smallest absolute Gasteiger partial charge is 0.253 e. The highest BCUT2D eigenvalue weighted by molar-refractivity contribution is 7.20. The van der Waals surface area contributed by atoms with Gasteiger partial charge in [-0.1, -0.05) is 37.0 Å². The molecule has 0 saturated carbocycles. The van der Waals surface area contributed by atoms with E-state index in [-0.39, 0.29) is 17.9 Å². The molecule has 0 aliphatic rings. The quantitative estimate of drug-likeness (QED) is 0.835. The number of alkyl halides is 1. The molecule has 0 radical (unpaired) electrons. The van der Waals surface area contributed by atoms with E-state index in [9.17, 15) is 4.79 Å². The van der Waals surface area contributed by atoms with Crippen LogP contribution >= 0.6 is 46.1 Å². The van der Waals surface area contributed by atoms with E-state index in [1.54, 1.807) is 6.07 Å². The Morgan fingerprint density at radius 2 is 2.12 bits per heavy atom. The highest BCUT2D eigenvalue weighted by Crippen LogP contribution is 2.31. The van der Waals surface area contributed by atoms with E-state index < -0.39 is 0 Å². The van der Waals surface area contributed by atoms with E-state index in [2.05, 4.69) is 5.32 Å². The fourth-order valence-corrected chi connectivity index (χ4v) is 3.02. The van der Waals surface area contributed by atoms with E-state index in [4.69, 9.17) is 34.8 Å². The molecule has 1 aromatic heterocycles. The van der Waals surface area contributed by atoms with Crippen molar-refractivity contribution in [1.29, 1.82) is 0 Å². The summed E-state index contributed by atoms with van der Waals surface area (Å²) < 4.78 is 0.904. The molecule has 0 fully saturated rings. The largest absolute Gasteiger partial charge is 0.348 e. The zero-order valence-corrected chi connectivity index (χ0v) is 12.0. The van der Waals surface area contributed by atoms with Gasteiger partial charge in [0.15, 0.2) is 0 Å². The van der Waals surface area contributed by atoms with Crippen molar-refractivity contribution in [3.63, 3.8) is 0 Å². The minimum atomic E-state index is -0.229. The monoisotopic (exact) mass is 299 g/mol. The van der Waals surface area contributed by atoms with Crippen LogP contribution in [0.25, 0.3) is 0 Å². The second-order valence-corrected chi connectivity index (χ2v) is 6.31. The Labute approximate surface area is 114 Å². The number of hydrogen-bond acceptors (Lipinski definition) is 2. The lowest BCUT2D eigenvalue weighted by molar-refractivity contribution is 0.0932. The molecular weight excluding hydrogens is 289 g/mol. The molecule has 0 aromatic carbocycles. The van der Waals surface area contributed by atoms with Gasteiger partial charge in [0.2, 0.25) is 0 Å². The molecule has 1 unspecified atom stereocenters. The van der Waals surface area contributed by atoms with E-state index >= 15 is 0 Å². The molecule has 0 spiro atoms. The highest BCUT2D eigenvalue weighted by Gasteiger charge is 2.19. The van der Waals surface area contributed by atoms with Gasteiger partial charge in [0.25, 0.3) is 5.91 Å². The lowest BCUT2D eigenvalue weighted by Crippen LogP contribution is -2.39. The Balaban J connectivity index is 2.75. The summed E-state index contributed by atoms with van der Waals surface area (Å²) in [5.41, 5.74) is 0.410. The van der Waals surface area contributed by atoms with Crippen molar-refractivity contribution in [2.24, 2.45) is 5.92 Å². The Morgan fingerprint density at radius 3 is 2.50 bits per heavy atom. The maximum atomic E-state index is 11.8. The number of thiophene rings is 1. The Kier molecular flexibility index (Phi) is 5.38. The minimum absolute atomic E-state index is 0.0658. The predicted octanol–water partition coefficient (Wildman–Crippen LogP) is 4.05. The fourth-order valence-electron chi connectivity index (χ4n) is 1.12. The van der Waals surface area contributed by atoms with Crippen LogP contribution in [0, 0.1) is 5.92 Å². The van der Waals surface area contributed by atoms with Crippen molar-refractivity contribution < 1.29 is 4.79 Å². The molecule has 1 N–H and O–H groups in total. The standard InChI is InChI=1S/C10H12Cl3NOS/c1-5(2)7(4-11)14-10(15)6-3-8(12)16-9(6)13/h3,5,7H,4H2,1-2H3,(H,14,15). The molecule has 1 heterocycles. The molecule has 90 valence electrons. The molecule has 1 rings (SSSR count). The Morgan fingerprint density at radius 1 is 1.50 bits per heavy atom. The van der Waals surface area contributed by atoms with Crippen LogP contribution in [0.3, 0.4) is 0 Å². The summed E-state index contributed by atoms with van der Waals surface area (Å²) >= 11 is 18.6. The molecule has 2 nitrogen and oxygen atoms in total.